The minimum Gasteiger partial charge on any atom is -0.380 e. The second kappa shape index (κ2) is 6.19. The Bertz CT molecular complexity index is 533. The maximum Gasteiger partial charge on any atom is 0.138 e. The molecule has 3 saturated heterocycles. The molecule has 3 fully saturated rings. The average molecular weight is 319 g/mol. The molecule has 23 heavy (non-hydrogen) atoms. The van der Waals surface area contributed by atoms with Crippen LogP contribution in [0.15, 0.2) is 4.52 Å². The van der Waals surface area contributed by atoms with Gasteiger partial charge in [-0.1, -0.05) is 5.16 Å². The Labute approximate surface area is 138 Å². The molecule has 0 aliphatic carbocycles. The van der Waals surface area contributed by atoms with Crippen LogP contribution in [0.2, 0.25) is 0 Å². The van der Waals surface area contributed by atoms with Gasteiger partial charge in [0.25, 0.3) is 0 Å². The smallest absolute Gasteiger partial charge is 0.138 e. The average Bonchev–Trinajstić information content (AvgIpc) is 3.25. The first-order valence-electron chi connectivity index (χ1n) is 9.11. The fourth-order valence-electron chi connectivity index (χ4n) is 4.82. The van der Waals surface area contributed by atoms with Crippen LogP contribution in [0, 0.1) is 19.3 Å². The van der Waals surface area contributed by atoms with Crippen molar-refractivity contribution in [2.24, 2.45) is 5.41 Å². The van der Waals surface area contributed by atoms with Crippen molar-refractivity contribution in [3.63, 3.8) is 0 Å². The third-order valence-corrected chi connectivity index (χ3v) is 6.19. The number of nitrogens with zero attached hydrogens (tertiary/aromatic N) is 3. The lowest BCUT2D eigenvalue weighted by molar-refractivity contribution is 0.0786. The van der Waals surface area contributed by atoms with Crippen LogP contribution in [0.1, 0.15) is 42.7 Å². The van der Waals surface area contributed by atoms with E-state index in [4.69, 9.17) is 9.26 Å². The van der Waals surface area contributed by atoms with Crippen LogP contribution in [-0.4, -0.2) is 60.4 Å². The second-order valence-electron chi connectivity index (χ2n) is 7.85. The van der Waals surface area contributed by atoms with Crippen LogP contribution in [0.25, 0.3) is 0 Å². The number of ether oxygens (including phenoxy) is 1. The van der Waals surface area contributed by atoms with E-state index < -0.39 is 0 Å². The number of likely N-dealkylation sites (tertiary alicyclic amines) is 2. The van der Waals surface area contributed by atoms with Crippen LogP contribution < -0.4 is 0 Å². The highest BCUT2D eigenvalue weighted by atomic mass is 16.5. The molecule has 0 saturated carbocycles. The predicted octanol–water partition coefficient (Wildman–Crippen LogP) is 2.37. The van der Waals surface area contributed by atoms with Crippen LogP contribution in [0.5, 0.6) is 0 Å². The highest BCUT2D eigenvalue weighted by Crippen LogP contribution is 2.40. The molecular formula is C18H29N3O2. The monoisotopic (exact) mass is 319 g/mol. The van der Waals surface area contributed by atoms with Crippen LogP contribution in [0.3, 0.4) is 0 Å². The van der Waals surface area contributed by atoms with E-state index in [0.717, 1.165) is 31.2 Å². The van der Waals surface area contributed by atoms with Gasteiger partial charge in [-0.15, -0.1) is 0 Å². The van der Waals surface area contributed by atoms with Crippen LogP contribution >= 0.6 is 0 Å². The number of rotatable bonds is 3. The van der Waals surface area contributed by atoms with E-state index in [0.29, 0.717) is 11.5 Å². The number of aromatic nitrogens is 1. The third kappa shape index (κ3) is 3.06. The minimum atomic E-state index is 0.500. The third-order valence-electron chi connectivity index (χ3n) is 6.19. The fourth-order valence-corrected chi connectivity index (χ4v) is 4.82. The van der Waals surface area contributed by atoms with E-state index in [9.17, 15) is 0 Å². The van der Waals surface area contributed by atoms with Crippen molar-refractivity contribution in [2.75, 3.05) is 39.4 Å². The number of aryl methyl sites for hydroxylation is 2. The summed E-state index contributed by atoms with van der Waals surface area (Å²) >= 11 is 0. The van der Waals surface area contributed by atoms with Crippen molar-refractivity contribution >= 4 is 0 Å². The normalized spacial score (nSPS) is 33.0. The van der Waals surface area contributed by atoms with Gasteiger partial charge in [0.1, 0.15) is 5.76 Å². The Morgan fingerprint density at radius 2 is 2.13 bits per heavy atom. The maximum absolute atomic E-state index is 5.59. The van der Waals surface area contributed by atoms with Crippen molar-refractivity contribution in [1.29, 1.82) is 0 Å². The van der Waals surface area contributed by atoms with Gasteiger partial charge < -0.3 is 9.26 Å². The summed E-state index contributed by atoms with van der Waals surface area (Å²) in [7, 11) is 0. The van der Waals surface area contributed by atoms with E-state index in [-0.39, 0.29) is 0 Å². The van der Waals surface area contributed by atoms with Gasteiger partial charge in [-0.25, -0.2) is 0 Å². The molecule has 3 aliphatic heterocycles. The topological polar surface area (TPSA) is 41.7 Å². The van der Waals surface area contributed by atoms with E-state index in [1.165, 1.54) is 57.4 Å². The van der Waals surface area contributed by atoms with Crippen molar-refractivity contribution < 1.29 is 9.26 Å². The molecule has 3 aliphatic rings. The first kappa shape index (κ1) is 15.6. The summed E-state index contributed by atoms with van der Waals surface area (Å²) in [5.41, 5.74) is 2.85. The van der Waals surface area contributed by atoms with Gasteiger partial charge >= 0.3 is 0 Å². The van der Waals surface area contributed by atoms with E-state index in [2.05, 4.69) is 21.9 Å². The summed E-state index contributed by atoms with van der Waals surface area (Å²) in [5.74, 6) is 0.985. The lowest BCUT2D eigenvalue weighted by atomic mass is 9.79. The summed E-state index contributed by atoms with van der Waals surface area (Å²) in [6.07, 6.45) is 5.27. The maximum atomic E-state index is 5.59. The molecule has 5 nitrogen and oxygen atoms in total. The molecule has 1 aromatic heterocycles. The summed E-state index contributed by atoms with van der Waals surface area (Å²) in [6.45, 7) is 11.9. The van der Waals surface area contributed by atoms with Crippen molar-refractivity contribution in [1.82, 2.24) is 15.0 Å². The molecule has 0 amide bonds. The molecule has 0 aromatic carbocycles. The van der Waals surface area contributed by atoms with E-state index in [1.54, 1.807) is 0 Å². The minimum absolute atomic E-state index is 0.500. The summed E-state index contributed by atoms with van der Waals surface area (Å²) in [4.78, 5) is 5.33. The number of hydrogen-bond acceptors (Lipinski definition) is 5. The van der Waals surface area contributed by atoms with Gasteiger partial charge in [0, 0.05) is 37.8 Å². The quantitative estimate of drug-likeness (QED) is 0.855. The molecule has 4 rings (SSSR count). The van der Waals surface area contributed by atoms with Gasteiger partial charge in [-0.05, 0) is 58.0 Å². The first-order valence-corrected chi connectivity index (χ1v) is 9.11. The van der Waals surface area contributed by atoms with Crippen molar-refractivity contribution in [2.45, 2.75) is 52.1 Å². The van der Waals surface area contributed by atoms with Crippen LogP contribution in [0.4, 0.5) is 0 Å². The van der Waals surface area contributed by atoms with Crippen molar-refractivity contribution in [3.8, 4) is 0 Å². The standard InChI is InChI=1S/C18H29N3O2/c1-14-17(15(2)23-19-14)10-20-7-3-5-18(12-20)6-8-21(13-18)16-4-9-22-11-16/h16H,3-13H2,1-2H3/t16-,18-/m1/s1. The molecule has 4 heterocycles. The van der Waals surface area contributed by atoms with Gasteiger partial charge in [0.2, 0.25) is 0 Å². The first-order chi connectivity index (χ1) is 11.2. The molecule has 5 heteroatoms. The zero-order valence-electron chi connectivity index (χ0n) is 14.5. The highest BCUT2D eigenvalue weighted by molar-refractivity contribution is 5.20. The van der Waals surface area contributed by atoms with E-state index in [1.807, 2.05) is 6.92 Å². The molecular weight excluding hydrogens is 290 g/mol. The van der Waals surface area contributed by atoms with Gasteiger partial charge in [-0.3, -0.25) is 9.80 Å². The molecule has 2 atom stereocenters. The van der Waals surface area contributed by atoms with Gasteiger partial charge in [0.05, 0.1) is 12.3 Å². The Morgan fingerprint density at radius 1 is 1.22 bits per heavy atom. The Hall–Kier alpha value is -0.910. The second-order valence-corrected chi connectivity index (χ2v) is 7.85. The molecule has 0 N–H and O–H groups in total. The summed E-state index contributed by atoms with van der Waals surface area (Å²) in [6, 6.07) is 0.673. The number of piperidine rings is 1. The molecule has 0 radical (unpaired) electrons. The van der Waals surface area contributed by atoms with Crippen LogP contribution in [-0.2, 0) is 11.3 Å². The van der Waals surface area contributed by atoms with Gasteiger partial charge in [0.15, 0.2) is 0 Å². The SMILES string of the molecule is Cc1noc(C)c1CN1CCC[C@@]2(CCN([C@@H]3CCOC3)C2)C1. The lowest BCUT2D eigenvalue weighted by Crippen LogP contribution is -2.45. The zero-order valence-corrected chi connectivity index (χ0v) is 14.5. The summed E-state index contributed by atoms with van der Waals surface area (Å²) < 4.78 is 10.9. The Morgan fingerprint density at radius 3 is 2.87 bits per heavy atom. The molecule has 0 unspecified atom stereocenters. The Kier molecular flexibility index (Phi) is 4.20. The largest absolute Gasteiger partial charge is 0.380 e. The molecule has 128 valence electrons. The predicted molar refractivity (Wildman–Crippen MR) is 88.3 cm³/mol. The van der Waals surface area contributed by atoms with E-state index >= 15 is 0 Å². The zero-order chi connectivity index (χ0) is 15.9. The fraction of sp³-hybridized carbons (Fsp3) is 0.833. The molecule has 0 bridgehead atoms. The lowest BCUT2D eigenvalue weighted by Gasteiger charge is -2.41. The Balaban J connectivity index is 1.41. The number of hydrogen-bond donors (Lipinski definition) is 0. The summed E-state index contributed by atoms with van der Waals surface area (Å²) in [5, 5.41) is 4.11. The molecule has 1 spiro atoms. The molecule has 1 aromatic rings. The highest BCUT2D eigenvalue weighted by Gasteiger charge is 2.43. The van der Waals surface area contributed by atoms with Gasteiger partial charge in [-0.2, -0.15) is 0 Å². The van der Waals surface area contributed by atoms with Crippen molar-refractivity contribution in [3.05, 3.63) is 17.0 Å².